The molecule has 0 radical (unpaired) electrons. The zero-order valence-corrected chi connectivity index (χ0v) is 17.1. The van der Waals surface area contributed by atoms with E-state index in [4.69, 9.17) is 0 Å². The lowest BCUT2D eigenvalue weighted by Crippen LogP contribution is -2.48. The lowest BCUT2D eigenvalue weighted by atomic mass is 9.90. The topological polar surface area (TPSA) is 64.1 Å². The summed E-state index contributed by atoms with van der Waals surface area (Å²) in [4.78, 5) is 30.6. The van der Waals surface area contributed by atoms with Gasteiger partial charge in [0, 0.05) is 45.8 Å². The zero-order chi connectivity index (χ0) is 20.1. The van der Waals surface area contributed by atoms with Crippen molar-refractivity contribution in [1.82, 2.24) is 14.7 Å². The molecule has 28 heavy (non-hydrogen) atoms. The molecule has 154 valence electrons. The maximum atomic E-state index is 12.8. The maximum Gasteiger partial charge on any atom is 0.307 e. The summed E-state index contributed by atoms with van der Waals surface area (Å²) in [7, 11) is 0. The average molecular weight is 388 g/mol. The highest BCUT2D eigenvalue weighted by Crippen LogP contribution is 2.22. The van der Waals surface area contributed by atoms with Crippen LogP contribution in [0.15, 0.2) is 24.3 Å². The highest BCUT2D eigenvalue weighted by Gasteiger charge is 2.31. The quantitative estimate of drug-likeness (QED) is 0.838. The Morgan fingerprint density at radius 3 is 2.50 bits per heavy atom. The van der Waals surface area contributed by atoms with Crippen molar-refractivity contribution in [1.29, 1.82) is 0 Å². The largest absolute Gasteiger partial charge is 0.481 e. The highest BCUT2D eigenvalue weighted by molar-refractivity contribution is 5.78. The third kappa shape index (κ3) is 5.79. The molecular weight excluding hydrogens is 354 g/mol. The Morgan fingerprint density at radius 2 is 1.79 bits per heavy atom. The number of nitrogens with zero attached hydrogens (tertiary/aromatic N) is 3. The zero-order valence-electron chi connectivity index (χ0n) is 17.1. The van der Waals surface area contributed by atoms with E-state index in [1.807, 2.05) is 9.80 Å². The van der Waals surface area contributed by atoms with Gasteiger partial charge >= 0.3 is 5.97 Å². The molecule has 2 saturated heterocycles. The second kappa shape index (κ2) is 9.52. The molecule has 0 bridgehead atoms. The number of hydrogen-bond acceptors (Lipinski definition) is 4. The second-order valence-electron chi connectivity index (χ2n) is 8.57. The molecule has 1 N–H and O–H groups in total. The van der Waals surface area contributed by atoms with E-state index in [1.54, 1.807) is 0 Å². The normalized spacial score (nSPS) is 24.7. The number of carbonyl (C=O) groups excluding carboxylic acids is 1. The molecule has 0 aliphatic carbocycles. The molecule has 2 fully saturated rings. The van der Waals surface area contributed by atoms with Crippen LogP contribution < -0.4 is 0 Å². The summed E-state index contributed by atoms with van der Waals surface area (Å²) < 4.78 is 0. The number of carboxylic acid groups (broad SMARTS) is 1. The predicted octanol–water partition coefficient (Wildman–Crippen LogP) is 2.07. The number of benzene rings is 1. The molecule has 6 nitrogen and oxygen atoms in total. The van der Waals surface area contributed by atoms with Crippen molar-refractivity contribution in [3.63, 3.8) is 0 Å². The molecule has 2 unspecified atom stereocenters. The van der Waals surface area contributed by atoms with Crippen LogP contribution in [-0.4, -0.2) is 77.5 Å². The Kier molecular flexibility index (Phi) is 7.08. The van der Waals surface area contributed by atoms with Gasteiger partial charge in [-0.15, -0.1) is 0 Å². The Balaban J connectivity index is 1.49. The molecule has 1 amide bonds. The summed E-state index contributed by atoms with van der Waals surface area (Å²) in [5.74, 6) is -0.650. The van der Waals surface area contributed by atoms with Crippen LogP contribution in [0.5, 0.6) is 0 Å². The molecular formula is C22H33N3O3. The fraction of sp³-hybridized carbons (Fsp3) is 0.636. The molecule has 0 spiro atoms. The lowest BCUT2D eigenvalue weighted by Gasteiger charge is -2.35. The third-order valence-electron chi connectivity index (χ3n) is 5.91. The minimum absolute atomic E-state index is 0.135. The molecule has 0 saturated carbocycles. The van der Waals surface area contributed by atoms with Gasteiger partial charge in [-0.2, -0.15) is 0 Å². The number of aryl methyl sites for hydroxylation is 1. The minimum Gasteiger partial charge on any atom is -0.481 e. The fourth-order valence-corrected chi connectivity index (χ4v) is 4.39. The number of carboxylic acids is 1. The van der Waals surface area contributed by atoms with Crippen LogP contribution in [0.3, 0.4) is 0 Å². The van der Waals surface area contributed by atoms with Crippen molar-refractivity contribution in [2.24, 2.45) is 11.8 Å². The van der Waals surface area contributed by atoms with Gasteiger partial charge in [0.05, 0.1) is 12.5 Å². The van der Waals surface area contributed by atoms with Crippen LogP contribution in [0.25, 0.3) is 0 Å². The number of aliphatic carboxylic acids is 1. The second-order valence-corrected chi connectivity index (χ2v) is 8.57. The molecule has 0 aromatic heterocycles. The molecule has 3 rings (SSSR count). The summed E-state index contributed by atoms with van der Waals surface area (Å²) in [6.07, 6.45) is 1.68. The SMILES string of the molecule is Cc1ccc(CN2CCCN(C(=O)CN3CC(C)CC(C(=O)O)C3)CC2)cc1. The molecule has 2 aliphatic heterocycles. The summed E-state index contributed by atoms with van der Waals surface area (Å²) >= 11 is 0. The Labute approximate surface area is 168 Å². The Bertz CT molecular complexity index is 676. The summed E-state index contributed by atoms with van der Waals surface area (Å²) in [5, 5.41) is 9.33. The molecule has 2 heterocycles. The molecule has 2 atom stereocenters. The van der Waals surface area contributed by atoms with E-state index in [2.05, 4.69) is 43.0 Å². The first kappa shape index (κ1) is 20.8. The molecule has 1 aromatic carbocycles. The van der Waals surface area contributed by atoms with Crippen LogP contribution in [0.2, 0.25) is 0 Å². The molecule has 2 aliphatic rings. The lowest BCUT2D eigenvalue weighted by molar-refractivity contribution is -0.145. The minimum atomic E-state index is -0.745. The predicted molar refractivity (Wildman–Crippen MR) is 109 cm³/mol. The number of hydrogen-bond donors (Lipinski definition) is 1. The van der Waals surface area contributed by atoms with E-state index in [9.17, 15) is 14.7 Å². The first-order chi connectivity index (χ1) is 13.4. The van der Waals surface area contributed by atoms with Gasteiger partial charge in [0.15, 0.2) is 0 Å². The third-order valence-corrected chi connectivity index (χ3v) is 5.91. The van der Waals surface area contributed by atoms with E-state index < -0.39 is 5.97 Å². The van der Waals surface area contributed by atoms with Crippen LogP contribution in [-0.2, 0) is 16.1 Å². The van der Waals surface area contributed by atoms with Gasteiger partial charge < -0.3 is 10.0 Å². The van der Waals surface area contributed by atoms with Gasteiger partial charge in [-0.1, -0.05) is 36.8 Å². The van der Waals surface area contributed by atoms with E-state index in [0.717, 1.165) is 45.7 Å². The monoisotopic (exact) mass is 387 g/mol. The van der Waals surface area contributed by atoms with E-state index in [-0.39, 0.29) is 11.8 Å². The van der Waals surface area contributed by atoms with Crippen molar-refractivity contribution < 1.29 is 14.7 Å². The Morgan fingerprint density at radius 1 is 1.04 bits per heavy atom. The number of rotatable bonds is 5. The van der Waals surface area contributed by atoms with E-state index >= 15 is 0 Å². The van der Waals surface area contributed by atoms with Crippen LogP contribution >= 0.6 is 0 Å². The molecule has 1 aromatic rings. The van der Waals surface area contributed by atoms with Crippen molar-refractivity contribution in [3.8, 4) is 0 Å². The summed E-state index contributed by atoms with van der Waals surface area (Å²) in [6, 6.07) is 8.65. The van der Waals surface area contributed by atoms with Gasteiger partial charge in [-0.05, 0) is 31.2 Å². The van der Waals surface area contributed by atoms with Gasteiger partial charge in [0.1, 0.15) is 0 Å². The van der Waals surface area contributed by atoms with Crippen LogP contribution in [0.4, 0.5) is 0 Å². The van der Waals surface area contributed by atoms with Crippen LogP contribution in [0.1, 0.15) is 30.9 Å². The van der Waals surface area contributed by atoms with Crippen molar-refractivity contribution >= 4 is 11.9 Å². The van der Waals surface area contributed by atoms with E-state index in [0.29, 0.717) is 25.4 Å². The number of piperidine rings is 1. The highest BCUT2D eigenvalue weighted by atomic mass is 16.4. The first-order valence-electron chi connectivity index (χ1n) is 10.4. The summed E-state index contributed by atoms with van der Waals surface area (Å²) in [5.41, 5.74) is 2.58. The first-order valence-corrected chi connectivity index (χ1v) is 10.4. The van der Waals surface area contributed by atoms with Crippen molar-refractivity contribution in [2.75, 3.05) is 45.8 Å². The van der Waals surface area contributed by atoms with Crippen LogP contribution in [0, 0.1) is 18.8 Å². The number of amides is 1. The fourth-order valence-electron chi connectivity index (χ4n) is 4.39. The van der Waals surface area contributed by atoms with E-state index in [1.165, 1.54) is 11.1 Å². The smallest absolute Gasteiger partial charge is 0.307 e. The molecule has 6 heteroatoms. The average Bonchev–Trinajstić information content (AvgIpc) is 2.89. The summed E-state index contributed by atoms with van der Waals surface area (Å²) in [6.45, 7) is 10.1. The van der Waals surface area contributed by atoms with Gasteiger partial charge in [0.25, 0.3) is 0 Å². The van der Waals surface area contributed by atoms with Gasteiger partial charge in [-0.25, -0.2) is 0 Å². The maximum absolute atomic E-state index is 12.8. The number of likely N-dealkylation sites (tertiary alicyclic amines) is 1. The standard InChI is InChI=1S/C22H33N3O3/c1-17-4-6-19(7-5-17)14-23-8-3-9-25(11-10-23)21(26)16-24-13-18(2)12-20(15-24)22(27)28/h4-7,18,20H,3,8-16H2,1-2H3,(H,27,28). The van der Waals surface area contributed by atoms with Crippen molar-refractivity contribution in [3.05, 3.63) is 35.4 Å². The van der Waals surface area contributed by atoms with Gasteiger partial charge in [-0.3, -0.25) is 19.4 Å². The Hall–Kier alpha value is -1.92. The van der Waals surface area contributed by atoms with Gasteiger partial charge in [0.2, 0.25) is 5.91 Å². The van der Waals surface area contributed by atoms with Crippen molar-refractivity contribution in [2.45, 2.75) is 33.2 Å². The number of carbonyl (C=O) groups is 2.